The van der Waals surface area contributed by atoms with E-state index in [1.54, 1.807) is 14.0 Å². The smallest absolute Gasteiger partial charge is 0.231 e. The van der Waals surface area contributed by atoms with Crippen molar-refractivity contribution in [1.29, 1.82) is 0 Å². The minimum atomic E-state index is -3.25. The van der Waals surface area contributed by atoms with Crippen LogP contribution in [0.4, 0.5) is 0 Å². The molecule has 0 unspecified atom stereocenters. The lowest BCUT2D eigenvalue weighted by molar-refractivity contribution is -0.128. The molecule has 6 nitrogen and oxygen atoms in total. The van der Waals surface area contributed by atoms with E-state index >= 15 is 0 Å². The van der Waals surface area contributed by atoms with Gasteiger partial charge in [0.05, 0.1) is 18.3 Å². The quantitative estimate of drug-likeness (QED) is 0.753. The Balaban J connectivity index is 1.80. The zero-order valence-corrected chi connectivity index (χ0v) is 17.7. The van der Waals surface area contributed by atoms with Gasteiger partial charge in [-0.15, -0.1) is 0 Å². The minimum Gasteiger partial charge on any atom is -0.497 e. The highest BCUT2D eigenvalue weighted by atomic mass is 32.2. The molecular formula is C22H28N2O4S. The van der Waals surface area contributed by atoms with Crippen LogP contribution in [0.1, 0.15) is 30.9 Å². The maximum atomic E-state index is 13.4. The Kier molecular flexibility index (Phi) is 6.59. The molecule has 3 rings (SSSR count). The van der Waals surface area contributed by atoms with Crippen LogP contribution in [0.2, 0.25) is 0 Å². The van der Waals surface area contributed by atoms with Gasteiger partial charge in [-0.05, 0) is 43.0 Å². The van der Waals surface area contributed by atoms with E-state index < -0.39 is 15.4 Å². The maximum absolute atomic E-state index is 13.4. The van der Waals surface area contributed by atoms with Crippen molar-refractivity contribution in [3.63, 3.8) is 0 Å². The van der Waals surface area contributed by atoms with Crippen LogP contribution in [0.3, 0.4) is 0 Å². The second-order valence-corrected chi connectivity index (χ2v) is 9.54. The third-order valence-electron chi connectivity index (χ3n) is 5.68. The molecule has 1 saturated heterocycles. The van der Waals surface area contributed by atoms with E-state index in [-0.39, 0.29) is 11.7 Å². The predicted molar refractivity (Wildman–Crippen MR) is 113 cm³/mol. The topological polar surface area (TPSA) is 75.7 Å². The largest absolute Gasteiger partial charge is 0.497 e. The first-order valence-corrected chi connectivity index (χ1v) is 11.5. The molecule has 1 heterocycles. The normalized spacial score (nSPS) is 16.9. The SMILES string of the molecule is CCS(=O)(=O)N1CCC(C(=O)NCc2cccc(OC)c2)(c2ccccc2)CC1. The number of ether oxygens (including phenoxy) is 1. The van der Waals surface area contributed by atoms with E-state index in [1.165, 1.54) is 4.31 Å². The van der Waals surface area contributed by atoms with Gasteiger partial charge in [-0.3, -0.25) is 4.79 Å². The van der Waals surface area contributed by atoms with Crippen molar-refractivity contribution in [1.82, 2.24) is 9.62 Å². The van der Waals surface area contributed by atoms with Gasteiger partial charge >= 0.3 is 0 Å². The first-order valence-electron chi connectivity index (χ1n) is 9.86. The monoisotopic (exact) mass is 416 g/mol. The summed E-state index contributed by atoms with van der Waals surface area (Å²) in [5.74, 6) is 0.751. The summed E-state index contributed by atoms with van der Waals surface area (Å²) < 4.78 is 31.3. The fraction of sp³-hybridized carbons (Fsp3) is 0.409. The van der Waals surface area contributed by atoms with E-state index in [1.807, 2.05) is 54.6 Å². The highest BCUT2D eigenvalue weighted by Crippen LogP contribution is 2.36. The van der Waals surface area contributed by atoms with Crippen LogP contribution in [0, 0.1) is 0 Å². The Bertz CT molecular complexity index is 936. The van der Waals surface area contributed by atoms with E-state index in [4.69, 9.17) is 4.74 Å². The zero-order valence-electron chi connectivity index (χ0n) is 16.9. The molecule has 1 N–H and O–H groups in total. The fourth-order valence-corrected chi connectivity index (χ4v) is 4.97. The molecule has 2 aromatic carbocycles. The molecule has 156 valence electrons. The zero-order chi connectivity index (χ0) is 20.9. The molecule has 0 radical (unpaired) electrons. The maximum Gasteiger partial charge on any atom is 0.231 e. The molecule has 0 atom stereocenters. The number of amides is 1. The highest BCUT2D eigenvalue weighted by molar-refractivity contribution is 7.89. The van der Waals surface area contributed by atoms with Gasteiger partial charge in [-0.25, -0.2) is 12.7 Å². The van der Waals surface area contributed by atoms with E-state index in [2.05, 4.69) is 5.32 Å². The van der Waals surface area contributed by atoms with Gasteiger partial charge in [0.2, 0.25) is 15.9 Å². The van der Waals surface area contributed by atoms with Crippen LogP contribution < -0.4 is 10.1 Å². The molecule has 0 spiro atoms. The fourth-order valence-electron chi connectivity index (χ4n) is 3.87. The first-order chi connectivity index (χ1) is 13.9. The van der Waals surface area contributed by atoms with Crippen molar-refractivity contribution < 1.29 is 17.9 Å². The summed E-state index contributed by atoms with van der Waals surface area (Å²) in [6.07, 6.45) is 0.917. The standard InChI is InChI=1S/C22H28N2O4S/c1-3-29(26,27)24-14-12-22(13-15-24,19-9-5-4-6-10-19)21(25)23-17-18-8-7-11-20(16-18)28-2/h4-11,16H,3,12-15,17H2,1-2H3,(H,23,25). The number of hydrogen-bond donors (Lipinski definition) is 1. The Morgan fingerprint density at radius 3 is 2.41 bits per heavy atom. The lowest BCUT2D eigenvalue weighted by Crippen LogP contribution is -2.52. The van der Waals surface area contributed by atoms with E-state index in [0.717, 1.165) is 16.9 Å². The molecule has 2 aromatic rings. The van der Waals surface area contributed by atoms with E-state index in [0.29, 0.717) is 32.5 Å². The first kappa shape index (κ1) is 21.3. The number of nitrogens with zero attached hydrogens (tertiary/aromatic N) is 1. The molecule has 0 aliphatic carbocycles. The lowest BCUT2D eigenvalue weighted by atomic mass is 9.72. The van der Waals surface area contributed by atoms with Gasteiger partial charge in [0.25, 0.3) is 0 Å². The van der Waals surface area contributed by atoms with Crippen molar-refractivity contribution in [2.45, 2.75) is 31.7 Å². The number of nitrogens with one attached hydrogen (secondary N) is 1. The average Bonchev–Trinajstić information content (AvgIpc) is 2.78. The summed E-state index contributed by atoms with van der Waals surface area (Å²) >= 11 is 0. The van der Waals surface area contributed by atoms with Crippen LogP contribution in [0.15, 0.2) is 54.6 Å². The van der Waals surface area contributed by atoms with Crippen molar-refractivity contribution in [3.8, 4) is 5.75 Å². The van der Waals surface area contributed by atoms with Crippen LogP contribution in [-0.4, -0.2) is 44.6 Å². The van der Waals surface area contributed by atoms with Crippen LogP contribution in [0.5, 0.6) is 5.75 Å². The number of methoxy groups -OCH3 is 1. The van der Waals surface area contributed by atoms with E-state index in [9.17, 15) is 13.2 Å². The van der Waals surface area contributed by atoms with Crippen molar-refractivity contribution in [3.05, 3.63) is 65.7 Å². The van der Waals surface area contributed by atoms with Gasteiger partial charge in [0.1, 0.15) is 5.75 Å². The summed E-state index contributed by atoms with van der Waals surface area (Å²) in [4.78, 5) is 13.4. The average molecular weight is 417 g/mol. The van der Waals surface area contributed by atoms with Gasteiger partial charge in [0, 0.05) is 19.6 Å². The molecule has 1 fully saturated rings. The number of carbonyl (C=O) groups excluding carboxylic acids is 1. The van der Waals surface area contributed by atoms with Gasteiger partial charge < -0.3 is 10.1 Å². The third-order valence-corrected chi connectivity index (χ3v) is 7.56. The lowest BCUT2D eigenvalue weighted by Gasteiger charge is -2.40. The van der Waals surface area contributed by atoms with Crippen molar-refractivity contribution >= 4 is 15.9 Å². The number of sulfonamides is 1. The number of benzene rings is 2. The molecule has 1 amide bonds. The van der Waals surface area contributed by atoms with Gasteiger partial charge in [0.15, 0.2) is 0 Å². The number of hydrogen-bond acceptors (Lipinski definition) is 4. The molecule has 1 aliphatic heterocycles. The highest BCUT2D eigenvalue weighted by Gasteiger charge is 2.44. The molecule has 0 saturated carbocycles. The van der Waals surface area contributed by atoms with Crippen LogP contribution in [0.25, 0.3) is 0 Å². The predicted octanol–water partition coefficient (Wildman–Crippen LogP) is 2.69. The van der Waals surface area contributed by atoms with Crippen LogP contribution >= 0.6 is 0 Å². The van der Waals surface area contributed by atoms with Crippen molar-refractivity contribution in [2.24, 2.45) is 0 Å². The molecular weight excluding hydrogens is 388 g/mol. The summed E-state index contributed by atoms with van der Waals surface area (Å²) in [5.41, 5.74) is 1.14. The molecule has 1 aliphatic rings. The summed E-state index contributed by atoms with van der Waals surface area (Å²) in [6, 6.07) is 17.2. The number of rotatable bonds is 7. The molecule has 29 heavy (non-hydrogen) atoms. The van der Waals surface area contributed by atoms with Gasteiger partial charge in [-0.1, -0.05) is 42.5 Å². The molecule has 0 bridgehead atoms. The Morgan fingerprint density at radius 1 is 1.10 bits per heavy atom. The van der Waals surface area contributed by atoms with Crippen molar-refractivity contribution in [2.75, 3.05) is 26.0 Å². The minimum absolute atomic E-state index is 0.0694. The third kappa shape index (κ3) is 4.62. The Morgan fingerprint density at radius 2 is 1.79 bits per heavy atom. The second-order valence-electron chi connectivity index (χ2n) is 7.28. The molecule has 7 heteroatoms. The number of carbonyl (C=O) groups is 1. The van der Waals surface area contributed by atoms with Gasteiger partial charge in [-0.2, -0.15) is 0 Å². The summed E-state index contributed by atoms with van der Waals surface area (Å²) in [6.45, 7) is 2.73. The summed E-state index contributed by atoms with van der Waals surface area (Å²) in [7, 11) is -1.64. The summed E-state index contributed by atoms with van der Waals surface area (Å²) in [5, 5.41) is 3.06. The number of piperidine rings is 1. The Hall–Kier alpha value is -2.38. The molecule has 0 aromatic heterocycles. The Labute approximate surface area is 172 Å². The second kappa shape index (κ2) is 8.97. The van der Waals surface area contributed by atoms with Crippen LogP contribution in [-0.2, 0) is 26.8 Å².